The van der Waals surface area contributed by atoms with Crippen LogP contribution in [0.4, 0.5) is 25.8 Å². The van der Waals surface area contributed by atoms with E-state index >= 15 is 0 Å². The number of rotatable bonds is 31. The topological polar surface area (TPSA) is 324 Å². The van der Waals surface area contributed by atoms with Crippen LogP contribution in [-0.2, 0) is 53.1 Å². The number of carbonyl (C=O) groups excluding carboxylic acids is 10. The van der Waals surface area contributed by atoms with Crippen LogP contribution in [0.15, 0.2) is 115 Å². The van der Waals surface area contributed by atoms with Gasteiger partial charge in [0.15, 0.2) is 29.7 Å². The molecule has 0 radical (unpaired) electrons. The highest BCUT2D eigenvalue weighted by atomic mass is 16.6. The number of carbonyl (C=O) groups is 10. The Morgan fingerprint density at radius 2 is 1.20 bits per heavy atom. The Bertz CT molecular complexity index is 3670. The van der Waals surface area contributed by atoms with Crippen molar-refractivity contribution in [3.63, 3.8) is 0 Å². The quantitative estimate of drug-likeness (QED) is 0.0182. The van der Waals surface area contributed by atoms with Gasteiger partial charge in [-0.3, -0.25) is 38.5 Å². The maximum Gasteiger partial charge on any atom is 0.416 e. The van der Waals surface area contributed by atoms with Crippen LogP contribution in [0.1, 0.15) is 134 Å². The summed E-state index contributed by atoms with van der Waals surface area (Å²) in [6.07, 6.45) is 2.00. The van der Waals surface area contributed by atoms with E-state index in [9.17, 15) is 58.2 Å². The largest absolute Gasteiger partial charge is 0.493 e. The van der Waals surface area contributed by atoms with E-state index in [2.05, 4.69) is 23.8 Å². The van der Waals surface area contributed by atoms with E-state index in [-0.39, 0.29) is 154 Å². The molecule has 0 saturated carbocycles. The van der Waals surface area contributed by atoms with E-state index in [1.165, 1.54) is 41.2 Å². The number of aliphatic hydroxyl groups excluding tert-OH is 2. The van der Waals surface area contributed by atoms with Crippen molar-refractivity contribution >= 4 is 70.7 Å². The molecule has 2 saturated heterocycles. The summed E-state index contributed by atoms with van der Waals surface area (Å²) in [5.41, 5.74) is 9.60. The van der Waals surface area contributed by atoms with Crippen molar-refractivity contribution in [3.8, 4) is 17.2 Å². The number of urea groups is 1. The molecule has 0 aliphatic carbocycles. The van der Waals surface area contributed by atoms with Crippen molar-refractivity contribution < 1.29 is 81.8 Å². The normalized spacial score (nSPS) is 18.6. The van der Waals surface area contributed by atoms with E-state index in [1.807, 2.05) is 32.0 Å². The lowest BCUT2D eigenvalue weighted by Gasteiger charge is -2.31. The number of aliphatic hydroxyl groups is 2. The van der Waals surface area contributed by atoms with Crippen molar-refractivity contribution in [2.75, 3.05) is 56.3 Å². The Morgan fingerprint density at radius 1 is 0.660 bits per heavy atom. The van der Waals surface area contributed by atoms with Crippen LogP contribution in [0, 0.1) is 18.8 Å². The minimum Gasteiger partial charge on any atom is -0.493 e. The number of methoxy groups -OCH3 is 1. The number of amides is 9. The summed E-state index contributed by atoms with van der Waals surface area (Å²) in [5, 5.41) is 29.2. The molecule has 4 aromatic rings. The molecule has 9 amide bonds. The fourth-order valence-electron chi connectivity index (χ4n) is 12.7. The van der Waals surface area contributed by atoms with Gasteiger partial charge in [-0.05, 0) is 105 Å². The number of aryl methyl sites for hydroxylation is 1. The Hall–Kier alpha value is -9.88. The van der Waals surface area contributed by atoms with Gasteiger partial charge in [-0.1, -0.05) is 99.2 Å². The molecule has 2 unspecified atom stereocenters. The zero-order chi connectivity index (χ0) is 69.6. The summed E-state index contributed by atoms with van der Waals surface area (Å²) in [5.74, 6) is -2.62. The van der Waals surface area contributed by atoms with E-state index in [0.717, 1.165) is 25.8 Å². The van der Waals surface area contributed by atoms with Crippen LogP contribution in [-0.4, -0.2) is 161 Å². The lowest BCUT2D eigenvalue weighted by atomic mass is 9.88. The van der Waals surface area contributed by atoms with Crippen LogP contribution in [0.5, 0.6) is 17.2 Å². The number of benzene rings is 4. The van der Waals surface area contributed by atoms with Crippen molar-refractivity contribution in [1.82, 2.24) is 25.3 Å². The minimum absolute atomic E-state index is 0.0475. The van der Waals surface area contributed by atoms with Crippen molar-refractivity contribution in [3.05, 3.63) is 149 Å². The van der Waals surface area contributed by atoms with Gasteiger partial charge >= 0.3 is 18.2 Å². The number of unbranched alkanes of at least 4 members (excludes halogenated alkanes) is 4. The SMILES string of the molecule is C=C1C[C@H]2C(O)N(C(=O)OCc3ccc(CC(=O)[C@H](CCCNC(N)=O)NC(=O)[C@@H](CC(=O)CCCCCN4C(=O)C=CC4=O)C(C)C)cc3)c3cc(OCCCCCOc4cc5c(cc4OC)C(=O)N4CC(=C)C[C@H]4C(O)N5C(=O)OCc4ccccc4)c(C)cc3C(=O)N2C1. The van der Waals surface area contributed by atoms with Crippen LogP contribution in [0.3, 0.4) is 0 Å². The van der Waals surface area contributed by atoms with Crippen molar-refractivity contribution in [2.24, 2.45) is 17.6 Å². The third kappa shape index (κ3) is 17.6. The van der Waals surface area contributed by atoms with Crippen molar-refractivity contribution in [1.29, 1.82) is 0 Å². The first-order valence-corrected chi connectivity index (χ1v) is 32.9. The van der Waals surface area contributed by atoms with E-state index in [4.69, 9.17) is 29.4 Å². The second-order valence-electron chi connectivity index (χ2n) is 25.5. The van der Waals surface area contributed by atoms with Gasteiger partial charge in [-0.25, -0.2) is 24.2 Å². The average Bonchev–Trinajstić information content (AvgIpc) is 1.64. The summed E-state index contributed by atoms with van der Waals surface area (Å²) < 4.78 is 29.8. The number of fused-ring (bicyclic) bond motifs is 4. The fraction of sp³-hybridized carbons (Fsp3) is 0.444. The highest BCUT2D eigenvalue weighted by Gasteiger charge is 2.48. The number of nitrogens with one attached hydrogen (secondary N) is 2. The summed E-state index contributed by atoms with van der Waals surface area (Å²) in [6, 6.07) is 18.7. The van der Waals surface area contributed by atoms with Crippen LogP contribution < -0.4 is 40.4 Å². The van der Waals surface area contributed by atoms with Gasteiger partial charge in [0, 0.05) is 75.6 Å². The number of anilines is 2. The number of nitrogens with zero attached hydrogens (tertiary/aromatic N) is 5. The smallest absolute Gasteiger partial charge is 0.416 e. The number of imide groups is 1. The van der Waals surface area contributed by atoms with Gasteiger partial charge in [-0.15, -0.1) is 0 Å². The molecule has 2 fully saturated rings. The standard InChI is InChI=1S/C72H86N8O17/c1-43(2)51(35-50(81)19-12-8-13-28-76-63(83)25-26-64(76)84)65(85)75-54(20-16-27-74-70(73)90)59(82)34-47-21-23-49(24-22-47)42-97-71(91)79-55-37-60(46(5)33-52(55)66(86)77-39-44(3)31-57(77)68(79)88)94-29-14-9-15-30-95-62-38-56-53(36-61(62)93-6)67(87)78-40-45(4)32-58(78)69(89)80(56)72(92)96-41-48-17-10-7-11-18-48/h7,10-11,17-18,21-26,33,36-38,43,51,54,57-58,68-69,88-89H,3-4,8-9,12-16,19-20,27-32,34-35,39-42H2,1-2,5-6H3,(H,75,85)(H3,73,74,90)/t51-,54-,57-,58-,68?,69?/m0/s1. The highest BCUT2D eigenvalue weighted by Crippen LogP contribution is 2.43. The molecule has 5 aliphatic heterocycles. The third-order valence-corrected chi connectivity index (χ3v) is 18.0. The zero-order valence-electron chi connectivity index (χ0n) is 55.3. The second-order valence-corrected chi connectivity index (χ2v) is 25.5. The van der Waals surface area contributed by atoms with Gasteiger partial charge < -0.3 is 60.1 Å². The van der Waals surface area contributed by atoms with Crippen LogP contribution in [0.2, 0.25) is 0 Å². The third-order valence-electron chi connectivity index (χ3n) is 18.0. The first-order valence-electron chi connectivity index (χ1n) is 32.9. The Morgan fingerprint density at radius 3 is 1.76 bits per heavy atom. The van der Waals surface area contributed by atoms with Crippen LogP contribution in [0.25, 0.3) is 0 Å². The Balaban J connectivity index is 0.802. The minimum atomic E-state index is -1.54. The number of hydrogen-bond acceptors (Lipinski definition) is 17. The van der Waals surface area contributed by atoms with Gasteiger partial charge in [0.2, 0.25) is 5.91 Å². The van der Waals surface area contributed by atoms with Gasteiger partial charge in [-0.2, -0.15) is 0 Å². The zero-order valence-corrected chi connectivity index (χ0v) is 55.3. The number of primary amides is 1. The molecule has 0 spiro atoms. The summed E-state index contributed by atoms with van der Waals surface area (Å²) in [4.78, 5) is 139. The molecular formula is C72H86N8O17. The van der Waals surface area contributed by atoms with Gasteiger partial charge in [0.1, 0.15) is 24.7 Å². The lowest BCUT2D eigenvalue weighted by molar-refractivity contribution is -0.137. The molecule has 25 heteroatoms. The predicted octanol–water partition coefficient (Wildman–Crippen LogP) is 7.89. The van der Waals surface area contributed by atoms with E-state index in [1.54, 1.807) is 55.5 Å². The number of nitrogens with two attached hydrogens (primary N) is 1. The summed E-state index contributed by atoms with van der Waals surface area (Å²) in [7, 11) is 1.44. The molecule has 516 valence electrons. The molecule has 25 nitrogen and oxygen atoms in total. The second kappa shape index (κ2) is 32.7. The molecule has 0 bridgehead atoms. The molecule has 5 heterocycles. The molecule has 97 heavy (non-hydrogen) atoms. The first-order chi connectivity index (χ1) is 46.5. The average molecular weight is 1340 g/mol. The Labute approximate surface area is 563 Å². The summed E-state index contributed by atoms with van der Waals surface area (Å²) >= 11 is 0. The van der Waals surface area contributed by atoms with Crippen LogP contribution >= 0.6 is 0 Å². The van der Waals surface area contributed by atoms with Gasteiger partial charge in [0.05, 0.1) is 61.0 Å². The molecule has 4 aromatic carbocycles. The summed E-state index contributed by atoms with van der Waals surface area (Å²) in [6.45, 7) is 14.4. The maximum absolute atomic E-state index is 14.4. The number of ether oxygens (including phenoxy) is 5. The number of hydrogen-bond donors (Lipinski definition) is 5. The van der Waals surface area contributed by atoms with E-state index in [0.29, 0.717) is 73.0 Å². The number of Topliss-reactive ketones (excluding diaryl/α,β-unsaturated/α-hetero) is 2. The highest BCUT2D eigenvalue weighted by molar-refractivity contribution is 6.13. The maximum atomic E-state index is 14.4. The molecule has 9 rings (SSSR count). The molecule has 5 aliphatic rings. The van der Waals surface area contributed by atoms with Crippen molar-refractivity contribution in [2.45, 2.75) is 148 Å². The van der Waals surface area contributed by atoms with E-state index < -0.39 is 72.4 Å². The predicted molar refractivity (Wildman–Crippen MR) is 356 cm³/mol. The Kier molecular flexibility index (Phi) is 24.1. The molecule has 6 N–H and O–H groups in total. The fourth-order valence-corrected chi connectivity index (χ4v) is 12.7. The molecular weight excluding hydrogens is 1250 g/mol. The molecule has 0 aromatic heterocycles. The van der Waals surface area contributed by atoms with Gasteiger partial charge in [0.25, 0.3) is 23.6 Å². The first kappa shape index (κ1) is 71.4. The lowest BCUT2D eigenvalue weighted by Crippen LogP contribution is -2.50. The molecule has 6 atom stereocenters. The number of ketones is 2. The monoisotopic (exact) mass is 1330 g/mol.